The Kier molecular flexibility index (Phi) is 4.37. The first kappa shape index (κ1) is 16.3. The normalized spacial score (nSPS) is 15.0. The molecule has 2 aromatic carbocycles. The van der Waals surface area contributed by atoms with Gasteiger partial charge in [-0.3, -0.25) is 15.2 Å². The number of rotatable bonds is 4. The van der Waals surface area contributed by atoms with E-state index in [0.717, 1.165) is 22.2 Å². The van der Waals surface area contributed by atoms with Crippen molar-refractivity contribution in [1.29, 1.82) is 0 Å². The van der Waals surface area contributed by atoms with E-state index in [1.54, 1.807) is 6.07 Å². The number of hydrogen-bond acceptors (Lipinski definition) is 5. The Morgan fingerprint density at radius 1 is 1.15 bits per heavy atom. The van der Waals surface area contributed by atoms with Crippen molar-refractivity contribution in [1.82, 2.24) is 10.2 Å². The summed E-state index contributed by atoms with van der Waals surface area (Å²) in [5.74, 6) is 0. The number of nitro groups is 1. The molecule has 0 amide bonds. The molecule has 1 aromatic heterocycles. The number of aromatic amines is 1. The van der Waals surface area contributed by atoms with E-state index in [4.69, 9.17) is 4.74 Å². The Balaban J connectivity index is 1.64. The third-order valence-corrected chi connectivity index (χ3v) is 4.48. The average molecular weight is 350 g/mol. The third-order valence-electron chi connectivity index (χ3n) is 4.48. The fraction of sp³-hybridized carbons (Fsp3) is 0.211. The van der Waals surface area contributed by atoms with Crippen LogP contribution in [0.3, 0.4) is 0 Å². The Morgan fingerprint density at radius 3 is 2.77 bits per heavy atom. The number of H-pyrrole nitrogens is 1. The van der Waals surface area contributed by atoms with Crippen LogP contribution in [0, 0.1) is 10.1 Å². The molecule has 0 bridgehead atoms. The summed E-state index contributed by atoms with van der Waals surface area (Å²) in [5, 5.41) is 19.8. The first-order valence-corrected chi connectivity index (χ1v) is 8.45. The summed E-state index contributed by atoms with van der Waals surface area (Å²) in [5.41, 5.74) is 3.28. The number of ether oxygens (including phenoxy) is 1. The molecule has 132 valence electrons. The quantitative estimate of drug-likeness (QED) is 0.575. The zero-order valence-corrected chi connectivity index (χ0v) is 14.1. The maximum absolute atomic E-state index is 11.5. The number of nitrogens with one attached hydrogen (secondary N) is 1. The zero-order valence-electron chi connectivity index (χ0n) is 14.1. The van der Waals surface area contributed by atoms with Crippen LogP contribution in [0.4, 0.5) is 11.4 Å². The molecule has 3 aromatic rings. The Bertz CT molecular complexity index is 974. The highest BCUT2D eigenvalue weighted by Gasteiger charge is 2.21. The van der Waals surface area contributed by atoms with Crippen molar-refractivity contribution >= 4 is 34.4 Å². The second-order valence-electron chi connectivity index (χ2n) is 6.09. The van der Waals surface area contributed by atoms with Crippen molar-refractivity contribution in [2.45, 2.75) is 0 Å². The van der Waals surface area contributed by atoms with Gasteiger partial charge in [0.05, 0.1) is 29.3 Å². The summed E-state index contributed by atoms with van der Waals surface area (Å²) in [6.45, 7) is 2.50. The van der Waals surface area contributed by atoms with Crippen molar-refractivity contribution in [3.63, 3.8) is 0 Å². The second kappa shape index (κ2) is 6.97. The Morgan fingerprint density at radius 2 is 1.96 bits per heavy atom. The highest BCUT2D eigenvalue weighted by atomic mass is 16.6. The number of fused-ring (bicyclic) bond motifs is 1. The summed E-state index contributed by atoms with van der Waals surface area (Å²) in [6, 6.07) is 13.2. The first-order valence-electron chi connectivity index (χ1n) is 8.45. The summed E-state index contributed by atoms with van der Waals surface area (Å²) in [4.78, 5) is 13.2. The SMILES string of the molecule is O=[N+]([O-])c1cc(C=Cc2n[nH]c3ccccc23)ccc1N1CCOCC1. The molecule has 7 heteroatoms. The smallest absolute Gasteiger partial charge is 0.293 e. The highest BCUT2D eigenvalue weighted by Crippen LogP contribution is 2.30. The van der Waals surface area contributed by atoms with Crippen LogP contribution in [-0.4, -0.2) is 41.4 Å². The van der Waals surface area contributed by atoms with Crippen LogP contribution < -0.4 is 4.90 Å². The number of anilines is 1. The first-order chi connectivity index (χ1) is 12.7. The average Bonchev–Trinajstić information content (AvgIpc) is 3.10. The van der Waals surface area contributed by atoms with Crippen molar-refractivity contribution in [2.75, 3.05) is 31.2 Å². The van der Waals surface area contributed by atoms with Crippen LogP contribution in [0.15, 0.2) is 42.5 Å². The maximum Gasteiger partial charge on any atom is 0.293 e. The molecule has 2 heterocycles. The molecule has 0 unspecified atom stereocenters. The molecule has 26 heavy (non-hydrogen) atoms. The lowest BCUT2D eigenvalue weighted by molar-refractivity contribution is -0.384. The van der Waals surface area contributed by atoms with Crippen LogP contribution >= 0.6 is 0 Å². The summed E-state index contributed by atoms with van der Waals surface area (Å²) >= 11 is 0. The molecule has 1 aliphatic heterocycles. The number of aromatic nitrogens is 2. The van der Waals surface area contributed by atoms with Gasteiger partial charge < -0.3 is 9.64 Å². The van der Waals surface area contributed by atoms with E-state index in [0.29, 0.717) is 32.0 Å². The lowest BCUT2D eigenvalue weighted by Crippen LogP contribution is -2.36. The monoisotopic (exact) mass is 350 g/mol. The predicted molar refractivity (Wildman–Crippen MR) is 101 cm³/mol. The molecule has 1 N–H and O–H groups in total. The Labute approximate surface area is 150 Å². The predicted octanol–water partition coefficient (Wildman–Crippen LogP) is 3.48. The van der Waals surface area contributed by atoms with Gasteiger partial charge in [-0.25, -0.2) is 0 Å². The molecule has 1 aliphatic rings. The van der Waals surface area contributed by atoms with Gasteiger partial charge in [-0.1, -0.05) is 30.3 Å². The fourth-order valence-electron chi connectivity index (χ4n) is 3.15. The van der Waals surface area contributed by atoms with Gasteiger partial charge in [-0.2, -0.15) is 5.10 Å². The summed E-state index contributed by atoms with van der Waals surface area (Å²) < 4.78 is 5.33. The Hall–Kier alpha value is -3.19. The molecular formula is C19H18N4O3. The van der Waals surface area contributed by atoms with Crippen molar-refractivity contribution in [2.24, 2.45) is 0 Å². The maximum atomic E-state index is 11.5. The topological polar surface area (TPSA) is 84.3 Å². The molecule has 4 rings (SSSR count). The number of benzene rings is 2. The van der Waals surface area contributed by atoms with Gasteiger partial charge in [0, 0.05) is 24.5 Å². The van der Waals surface area contributed by atoms with Crippen LogP contribution in [0.1, 0.15) is 11.3 Å². The van der Waals surface area contributed by atoms with E-state index in [9.17, 15) is 10.1 Å². The number of para-hydroxylation sites is 1. The van der Waals surface area contributed by atoms with Gasteiger partial charge in [0.1, 0.15) is 5.69 Å². The fourth-order valence-corrected chi connectivity index (χ4v) is 3.15. The zero-order chi connectivity index (χ0) is 17.9. The van der Waals surface area contributed by atoms with Crippen molar-refractivity contribution < 1.29 is 9.66 Å². The van der Waals surface area contributed by atoms with E-state index in [2.05, 4.69) is 10.2 Å². The molecule has 7 nitrogen and oxygen atoms in total. The van der Waals surface area contributed by atoms with E-state index in [1.165, 1.54) is 0 Å². The number of nitro benzene ring substituents is 1. The molecule has 1 fully saturated rings. The van der Waals surface area contributed by atoms with E-state index in [1.807, 2.05) is 53.5 Å². The van der Waals surface area contributed by atoms with Gasteiger partial charge in [0.25, 0.3) is 5.69 Å². The third kappa shape index (κ3) is 3.16. The highest BCUT2D eigenvalue weighted by molar-refractivity contribution is 5.89. The van der Waals surface area contributed by atoms with Crippen molar-refractivity contribution in [3.8, 4) is 0 Å². The van der Waals surface area contributed by atoms with Crippen LogP contribution in [0.5, 0.6) is 0 Å². The van der Waals surface area contributed by atoms with Gasteiger partial charge in [-0.05, 0) is 23.8 Å². The number of hydrogen-bond donors (Lipinski definition) is 1. The minimum atomic E-state index is -0.327. The van der Waals surface area contributed by atoms with Gasteiger partial charge in [0.2, 0.25) is 0 Å². The lowest BCUT2D eigenvalue weighted by atomic mass is 10.1. The lowest BCUT2D eigenvalue weighted by Gasteiger charge is -2.28. The van der Waals surface area contributed by atoms with Gasteiger partial charge >= 0.3 is 0 Å². The van der Waals surface area contributed by atoms with Gasteiger partial charge in [0.15, 0.2) is 0 Å². The minimum absolute atomic E-state index is 0.112. The van der Waals surface area contributed by atoms with Crippen molar-refractivity contribution in [3.05, 3.63) is 63.8 Å². The molecule has 0 saturated carbocycles. The summed E-state index contributed by atoms with van der Waals surface area (Å²) in [7, 11) is 0. The van der Waals surface area contributed by atoms with Crippen LogP contribution in [-0.2, 0) is 4.74 Å². The van der Waals surface area contributed by atoms with E-state index >= 15 is 0 Å². The number of morpholine rings is 1. The molecule has 0 spiro atoms. The molecule has 0 atom stereocenters. The van der Waals surface area contributed by atoms with Gasteiger partial charge in [-0.15, -0.1) is 0 Å². The number of nitrogens with zero attached hydrogens (tertiary/aromatic N) is 3. The van der Waals surface area contributed by atoms with Crippen LogP contribution in [0.25, 0.3) is 23.1 Å². The van der Waals surface area contributed by atoms with Crippen LogP contribution in [0.2, 0.25) is 0 Å². The molecule has 1 saturated heterocycles. The standard InChI is InChI=1S/C19H18N4O3/c24-23(25)19-13-14(6-8-18(19)22-9-11-26-12-10-22)5-7-17-15-3-1-2-4-16(15)20-21-17/h1-8,13H,9-12H2,(H,20,21). The summed E-state index contributed by atoms with van der Waals surface area (Å²) in [6.07, 6.45) is 3.71. The van der Waals surface area contributed by atoms with E-state index < -0.39 is 0 Å². The molecule has 0 radical (unpaired) electrons. The minimum Gasteiger partial charge on any atom is -0.378 e. The second-order valence-corrected chi connectivity index (χ2v) is 6.09. The largest absolute Gasteiger partial charge is 0.378 e. The molecule has 0 aliphatic carbocycles. The van der Waals surface area contributed by atoms with E-state index in [-0.39, 0.29) is 10.6 Å². The molecular weight excluding hydrogens is 332 g/mol.